The van der Waals surface area contributed by atoms with Crippen molar-refractivity contribution in [2.45, 2.75) is 6.42 Å². The summed E-state index contributed by atoms with van der Waals surface area (Å²) in [5, 5.41) is 10.5. The third-order valence-corrected chi connectivity index (χ3v) is 3.34. The lowest BCUT2D eigenvalue weighted by Crippen LogP contribution is -2.25. The number of nitrogens with zero attached hydrogens (tertiary/aromatic N) is 1. The molecule has 0 aliphatic heterocycles. The molecule has 106 valence electrons. The summed E-state index contributed by atoms with van der Waals surface area (Å²) in [5.74, 6) is -0.423. The molecule has 0 atom stereocenters. The number of aromatic nitrogens is 2. The molecule has 0 aliphatic rings. The minimum Gasteiger partial charge on any atom is -0.352 e. The van der Waals surface area contributed by atoms with Crippen molar-refractivity contribution in [1.29, 1.82) is 0 Å². The first-order valence-electron chi connectivity index (χ1n) is 6.69. The van der Waals surface area contributed by atoms with E-state index >= 15 is 0 Å². The number of carbonyl (C=O) groups excluding carboxylic acids is 1. The number of hydrogen-bond donors (Lipinski definition) is 2. The van der Waals surface area contributed by atoms with Gasteiger partial charge in [-0.05, 0) is 30.2 Å². The van der Waals surface area contributed by atoms with Crippen LogP contribution in [0.5, 0.6) is 0 Å². The van der Waals surface area contributed by atoms with E-state index in [0.717, 1.165) is 10.9 Å². The molecule has 0 saturated carbocycles. The van der Waals surface area contributed by atoms with Crippen LogP contribution in [-0.4, -0.2) is 22.6 Å². The van der Waals surface area contributed by atoms with E-state index in [-0.39, 0.29) is 11.7 Å². The zero-order valence-corrected chi connectivity index (χ0v) is 11.3. The van der Waals surface area contributed by atoms with Crippen molar-refractivity contribution in [3.8, 4) is 0 Å². The number of nitrogens with one attached hydrogen (secondary N) is 2. The maximum atomic E-state index is 13.5. The van der Waals surface area contributed by atoms with Crippen LogP contribution in [0.4, 0.5) is 4.39 Å². The summed E-state index contributed by atoms with van der Waals surface area (Å²) >= 11 is 0. The molecule has 0 radical (unpaired) electrons. The van der Waals surface area contributed by atoms with E-state index in [9.17, 15) is 9.18 Å². The van der Waals surface area contributed by atoms with E-state index in [2.05, 4.69) is 15.5 Å². The maximum absolute atomic E-state index is 13.5. The summed E-state index contributed by atoms with van der Waals surface area (Å²) in [4.78, 5) is 12.0. The summed E-state index contributed by atoms with van der Waals surface area (Å²) in [5.41, 5.74) is 1.97. The Morgan fingerprint density at radius 3 is 2.95 bits per heavy atom. The average Bonchev–Trinajstić information content (AvgIpc) is 2.96. The van der Waals surface area contributed by atoms with E-state index in [1.807, 2.05) is 6.07 Å². The summed E-state index contributed by atoms with van der Waals surface area (Å²) < 4.78 is 13.5. The van der Waals surface area contributed by atoms with Crippen LogP contribution in [0.3, 0.4) is 0 Å². The van der Waals surface area contributed by atoms with Crippen molar-refractivity contribution >= 4 is 16.8 Å². The molecule has 3 rings (SSSR count). The SMILES string of the molecule is O=C(NCCc1ccccc1F)c1ccc2cn[nH]c2c1. The topological polar surface area (TPSA) is 57.8 Å². The molecule has 4 nitrogen and oxygen atoms in total. The number of carbonyl (C=O) groups is 1. The molecule has 3 aromatic rings. The van der Waals surface area contributed by atoms with Crippen LogP contribution in [0.15, 0.2) is 48.7 Å². The lowest BCUT2D eigenvalue weighted by Gasteiger charge is -2.06. The molecule has 21 heavy (non-hydrogen) atoms. The molecule has 0 unspecified atom stereocenters. The van der Waals surface area contributed by atoms with E-state index in [0.29, 0.717) is 24.1 Å². The predicted octanol–water partition coefficient (Wildman–Crippen LogP) is 2.67. The molecule has 1 heterocycles. The monoisotopic (exact) mass is 283 g/mol. The standard InChI is InChI=1S/C16H14FN3O/c17-14-4-2-1-3-11(14)7-8-18-16(21)12-5-6-13-10-19-20-15(13)9-12/h1-6,9-10H,7-8H2,(H,18,21)(H,19,20). The van der Waals surface area contributed by atoms with Crippen LogP contribution >= 0.6 is 0 Å². The van der Waals surface area contributed by atoms with Crippen LogP contribution in [0.25, 0.3) is 10.9 Å². The fraction of sp³-hybridized carbons (Fsp3) is 0.125. The Hall–Kier alpha value is -2.69. The number of hydrogen-bond acceptors (Lipinski definition) is 2. The highest BCUT2D eigenvalue weighted by atomic mass is 19.1. The van der Waals surface area contributed by atoms with Crippen molar-refractivity contribution in [2.75, 3.05) is 6.54 Å². The molecule has 0 bridgehead atoms. The molecule has 2 aromatic carbocycles. The van der Waals surface area contributed by atoms with Gasteiger partial charge in [0.05, 0.1) is 11.7 Å². The van der Waals surface area contributed by atoms with E-state index < -0.39 is 0 Å². The molecule has 0 fully saturated rings. The number of amides is 1. The summed E-state index contributed by atoms with van der Waals surface area (Å²) in [6, 6.07) is 11.9. The van der Waals surface area contributed by atoms with Crippen molar-refractivity contribution in [2.24, 2.45) is 0 Å². The molecule has 0 saturated heterocycles. The zero-order valence-electron chi connectivity index (χ0n) is 11.3. The second kappa shape index (κ2) is 5.75. The van der Waals surface area contributed by atoms with Gasteiger partial charge in [-0.25, -0.2) is 4.39 Å². The molecular formula is C16H14FN3O. The van der Waals surface area contributed by atoms with Gasteiger partial charge in [0.15, 0.2) is 0 Å². The van der Waals surface area contributed by atoms with Gasteiger partial charge in [-0.1, -0.05) is 24.3 Å². The predicted molar refractivity (Wildman–Crippen MR) is 78.5 cm³/mol. The van der Waals surface area contributed by atoms with E-state index in [1.54, 1.807) is 36.5 Å². The van der Waals surface area contributed by atoms with Crippen LogP contribution in [0, 0.1) is 5.82 Å². The van der Waals surface area contributed by atoms with Crippen LogP contribution < -0.4 is 5.32 Å². The number of fused-ring (bicyclic) bond motifs is 1. The second-order valence-corrected chi connectivity index (χ2v) is 4.77. The van der Waals surface area contributed by atoms with Crippen molar-refractivity contribution in [3.05, 3.63) is 65.6 Å². The number of halogens is 1. The van der Waals surface area contributed by atoms with Crippen molar-refractivity contribution < 1.29 is 9.18 Å². The Morgan fingerprint density at radius 1 is 1.24 bits per heavy atom. The quantitative estimate of drug-likeness (QED) is 0.773. The largest absolute Gasteiger partial charge is 0.352 e. The Labute approximate surface area is 121 Å². The van der Waals surface area contributed by atoms with Crippen LogP contribution in [-0.2, 0) is 6.42 Å². The zero-order chi connectivity index (χ0) is 14.7. The minimum absolute atomic E-state index is 0.178. The Morgan fingerprint density at radius 2 is 2.10 bits per heavy atom. The highest BCUT2D eigenvalue weighted by Gasteiger charge is 2.07. The minimum atomic E-state index is -0.245. The smallest absolute Gasteiger partial charge is 0.251 e. The second-order valence-electron chi connectivity index (χ2n) is 4.77. The average molecular weight is 283 g/mol. The van der Waals surface area contributed by atoms with Crippen LogP contribution in [0.1, 0.15) is 15.9 Å². The van der Waals surface area contributed by atoms with Gasteiger partial charge in [-0.15, -0.1) is 0 Å². The lowest BCUT2D eigenvalue weighted by atomic mass is 10.1. The molecule has 1 aromatic heterocycles. The van der Waals surface area contributed by atoms with Gasteiger partial charge in [0, 0.05) is 17.5 Å². The van der Waals surface area contributed by atoms with Gasteiger partial charge in [0.25, 0.3) is 5.91 Å². The third-order valence-electron chi connectivity index (χ3n) is 3.34. The fourth-order valence-electron chi connectivity index (χ4n) is 2.19. The van der Waals surface area contributed by atoms with Gasteiger partial charge in [-0.2, -0.15) is 5.10 Å². The summed E-state index contributed by atoms with van der Waals surface area (Å²) in [6.07, 6.45) is 2.17. The van der Waals surface area contributed by atoms with Gasteiger partial charge in [0.1, 0.15) is 5.82 Å². The lowest BCUT2D eigenvalue weighted by molar-refractivity contribution is 0.0954. The Balaban J connectivity index is 1.62. The number of rotatable bonds is 4. The van der Waals surface area contributed by atoms with Crippen molar-refractivity contribution in [3.63, 3.8) is 0 Å². The van der Waals surface area contributed by atoms with Gasteiger partial charge in [-0.3, -0.25) is 9.89 Å². The number of H-pyrrole nitrogens is 1. The number of benzene rings is 2. The van der Waals surface area contributed by atoms with Crippen molar-refractivity contribution in [1.82, 2.24) is 15.5 Å². The summed E-state index contributed by atoms with van der Waals surface area (Å²) in [7, 11) is 0. The molecule has 5 heteroatoms. The van der Waals surface area contributed by atoms with Gasteiger partial charge >= 0.3 is 0 Å². The molecule has 1 amide bonds. The Bertz CT molecular complexity index is 782. The highest BCUT2D eigenvalue weighted by molar-refractivity contribution is 5.97. The normalized spacial score (nSPS) is 10.7. The molecule has 0 aliphatic carbocycles. The summed E-state index contributed by atoms with van der Waals surface area (Å²) in [6.45, 7) is 0.390. The maximum Gasteiger partial charge on any atom is 0.251 e. The first-order valence-corrected chi connectivity index (χ1v) is 6.69. The van der Waals surface area contributed by atoms with Gasteiger partial charge < -0.3 is 5.32 Å². The van der Waals surface area contributed by atoms with Gasteiger partial charge in [0.2, 0.25) is 0 Å². The van der Waals surface area contributed by atoms with E-state index in [1.165, 1.54) is 6.07 Å². The third kappa shape index (κ3) is 2.91. The molecular weight excluding hydrogens is 269 g/mol. The molecule has 2 N–H and O–H groups in total. The van der Waals surface area contributed by atoms with E-state index in [4.69, 9.17) is 0 Å². The highest BCUT2D eigenvalue weighted by Crippen LogP contribution is 2.12. The first kappa shape index (κ1) is 13.3. The number of aromatic amines is 1. The Kier molecular flexibility index (Phi) is 3.64. The fourth-order valence-corrected chi connectivity index (χ4v) is 2.19. The van der Waals surface area contributed by atoms with Crippen LogP contribution in [0.2, 0.25) is 0 Å². The molecule has 0 spiro atoms. The first-order chi connectivity index (χ1) is 10.2.